The standard InChI is InChI=1S/C30H31N3O3/c1-21(2)33(30(35)25-14-13-22-8-4-5-9-23(22)18-25)20-28(34)32-17-16-31-15-7-12-27(31)29(32)24-10-6-11-26(19-24)36-3/h4-15,18-19,21,29H,16-17,20H2,1-3H3/t29-/m0/s1. The zero-order chi connectivity index (χ0) is 25.2. The second-order valence-corrected chi connectivity index (χ2v) is 9.48. The van der Waals surface area contributed by atoms with Crippen molar-refractivity contribution in [1.82, 2.24) is 14.4 Å². The molecule has 6 heteroatoms. The second kappa shape index (κ2) is 9.90. The van der Waals surface area contributed by atoms with Gasteiger partial charge in [0.25, 0.3) is 5.91 Å². The van der Waals surface area contributed by atoms with E-state index in [0.29, 0.717) is 12.1 Å². The van der Waals surface area contributed by atoms with Crippen LogP contribution in [0.4, 0.5) is 0 Å². The molecule has 0 spiro atoms. The zero-order valence-electron chi connectivity index (χ0n) is 20.9. The molecular formula is C30H31N3O3. The number of hydrogen-bond acceptors (Lipinski definition) is 3. The van der Waals surface area contributed by atoms with Crippen LogP contribution in [0, 0.1) is 0 Å². The maximum absolute atomic E-state index is 13.8. The first kappa shape index (κ1) is 23.7. The minimum atomic E-state index is -0.249. The molecule has 0 saturated heterocycles. The van der Waals surface area contributed by atoms with Crippen molar-refractivity contribution in [1.29, 1.82) is 0 Å². The number of nitrogens with zero attached hydrogens (tertiary/aromatic N) is 3. The predicted molar refractivity (Wildman–Crippen MR) is 141 cm³/mol. The highest BCUT2D eigenvalue weighted by atomic mass is 16.5. The van der Waals surface area contributed by atoms with Crippen LogP contribution in [0.15, 0.2) is 85.1 Å². The lowest BCUT2D eigenvalue weighted by atomic mass is 9.99. The van der Waals surface area contributed by atoms with Gasteiger partial charge in [-0.15, -0.1) is 0 Å². The summed E-state index contributed by atoms with van der Waals surface area (Å²) in [6, 6.07) is 25.2. The molecule has 3 aromatic carbocycles. The number of hydrogen-bond donors (Lipinski definition) is 0. The van der Waals surface area contributed by atoms with Crippen LogP contribution in [-0.2, 0) is 11.3 Å². The third kappa shape index (κ3) is 4.47. The van der Waals surface area contributed by atoms with Crippen LogP contribution in [0.5, 0.6) is 5.75 Å². The summed E-state index contributed by atoms with van der Waals surface area (Å²) < 4.78 is 7.64. The molecule has 2 amide bonds. The molecular weight excluding hydrogens is 450 g/mol. The van der Waals surface area contributed by atoms with E-state index in [0.717, 1.165) is 34.3 Å². The molecule has 184 valence electrons. The molecule has 0 unspecified atom stereocenters. The van der Waals surface area contributed by atoms with E-state index in [1.165, 1.54) is 0 Å². The molecule has 36 heavy (non-hydrogen) atoms. The normalized spacial score (nSPS) is 15.1. The van der Waals surface area contributed by atoms with Gasteiger partial charge in [-0.05, 0) is 66.6 Å². The number of rotatable bonds is 6. The molecule has 5 rings (SSSR count). The number of fused-ring (bicyclic) bond motifs is 2. The number of carbonyl (C=O) groups excluding carboxylic acids is 2. The van der Waals surface area contributed by atoms with E-state index in [4.69, 9.17) is 4.74 Å². The van der Waals surface area contributed by atoms with Crippen LogP contribution in [-0.4, -0.2) is 52.4 Å². The van der Waals surface area contributed by atoms with Gasteiger partial charge in [-0.25, -0.2) is 0 Å². The summed E-state index contributed by atoms with van der Waals surface area (Å²) in [7, 11) is 1.64. The Bertz CT molecular complexity index is 1410. The Morgan fingerprint density at radius 1 is 0.944 bits per heavy atom. The maximum atomic E-state index is 13.8. The highest BCUT2D eigenvalue weighted by Gasteiger charge is 2.34. The van der Waals surface area contributed by atoms with Crippen molar-refractivity contribution in [2.45, 2.75) is 32.5 Å². The molecule has 0 fully saturated rings. The third-order valence-corrected chi connectivity index (χ3v) is 6.95. The average Bonchev–Trinajstić information content (AvgIpc) is 3.39. The van der Waals surface area contributed by atoms with Crippen LogP contribution in [0.25, 0.3) is 10.8 Å². The van der Waals surface area contributed by atoms with Gasteiger partial charge in [0.05, 0.1) is 13.2 Å². The largest absolute Gasteiger partial charge is 0.497 e. The Hall–Kier alpha value is -4.06. The molecule has 0 N–H and O–H groups in total. The summed E-state index contributed by atoms with van der Waals surface area (Å²) in [5, 5.41) is 2.09. The molecule has 1 aliphatic rings. The monoisotopic (exact) mass is 481 g/mol. The van der Waals surface area contributed by atoms with Gasteiger partial charge >= 0.3 is 0 Å². The highest BCUT2D eigenvalue weighted by molar-refractivity contribution is 6.00. The van der Waals surface area contributed by atoms with Crippen molar-refractivity contribution in [3.8, 4) is 5.75 Å². The van der Waals surface area contributed by atoms with Gasteiger partial charge in [0, 0.05) is 36.6 Å². The average molecular weight is 482 g/mol. The first-order valence-corrected chi connectivity index (χ1v) is 12.3. The lowest BCUT2D eigenvalue weighted by Crippen LogP contribution is -2.49. The van der Waals surface area contributed by atoms with E-state index in [9.17, 15) is 9.59 Å². The molecule has 0 saturated carbocycles. The minimum absolute atomic E-state index is 0.0184. The summed E-state index contributed by atoms with van der Waals surface area (Å²) in [6.45, 7) is 5.21. The van der Waals surface area contributed by atoms with E-state index >= 15 is 0 Å². The number of methoxy groups -OCH3 is 1. The number of carbonyl (C=O) groups is 2. The molecule has 0 bridgehead atoms. The SMILES string of the molecule is COc1cccc([C@H]2c3cccn3CCN2C(=O)CN(C(=O)c2ccc3ccccc3c2)C(C)C)c1. The number of amides is 2. The first-order chi connectivity index (χ1) is 17.5. The van der Waals surface area contributed by atoms with E-state index in [-0.39, 0.29) is 30.4 Å². The summed E-state index contributed by atoms with van der Waals surface area (Å²) in [4.78, 5) is 31.0. The minimum Gasteiger partial charge on any atom is -0.497 e. The first-order valence-electron chi connectivity index (χ1n) is 12.3. The number of benzene rings is 3. The van der Waals surface area contributed by atoms with Crippen molar-refractivity contribution in [2.75, 3.05) is 20.2 Å². The fourth-order valence-corrected chi connectivity index (χ4v) is 5.03. The Kier molecular flexibility index (Phi) is 6.51. The van der Waals surface area contributed by atoms with Crippen LogP contribution in [0.3, 0.4) is 0 Å². The Labute approximate surface area is 211 Å². The van der Waals surface area contributed by atoms with Gasteiger partial charge in [0.1, 0.15) is 12.3 Å². The van der Waals surface area contributed by atoms with Gasteiger partial charge in [-0.1, -0.05) is 42.5 Å². The fourth-order valence-electron chi connectivity index (χ4n) is 5.03. The van der Waals surface area contributed by atoms with Crippen LogP contribution in [0.1, 0.15) is 41.5 Å². The Morgan fingerprint density at radius 2 is 1.75 bits per heavy atom. The molecule has 0 radical (unpaired) electrons. The smallest absolute Gasteiger partial charge is 0.254 e. The van der Waals surface area contributed by atoms with Crippen molar-refractivity contribution < 1.29 is 14.3 Å². The Morgan fingerprint density at radius 3 is 2.53 bits per heavy atom. The fraction of sp³-hybridized carbons (Fsp3) is 0.267. The zero-order valence-corrected chi connectivity index (χ0v) is 20.9. The van der Waals surface area contributed by atoms with Gasteiger partial charge in [0.15, 0.2) is 0 Å². The van der Waals surface area contributed by atoms with Gasteiger partial charge in [-0.2, -0.15) is 0 Å². The maximum Gasteiger partial charge on any atom is 0.254 e. The van der Waals surface area contributed by atoms with E-state index < -0.39 is 0 Å². The lowest BCUT2D eigenvalue weighted by molar-refractivity contribution is -0.135. The van der Waals surface area contributed by atoms with Crippen molar-refractivity contribution >= 4 is 22.6 Å². The highest BCUT2D eigenvalue weighted by Crippen LogP contribution is 2.34. The van der Waals surface area contributed by atoms with Crippen LogP contribution < -0.4 is 4.74 Å². The van der Waals surface area contributed by atoms with Gasteiger partial charge in [0.2, 0.25) is 5.91 Å². The quantitative estimate of drug-likeness (QED) is 0.384. The van der Waals surface area contributed by atoms with Crippen molar-refractivity contribution in [3.63, 3.8) is 0 Å². The lowest BCUT2D eigenvalue weighted by Gasteiger charge is -2.39. The molecule has 4 aromatic rings. The Balaban J connectivity index is 1.44. The van der Waals surface area contributed by atoms with Crippen molar-refractivity contribution in [3.05, 3.63) is 102 Å². The summed E-state index contributed by atoms with van der Waals surface area (Å²) in [5.74, 6) is 0.541. The van der Waals surface area contributed by atoms with Gasteiger partial charge in [-0.3, -0.25) is 9.59 Å². The van der Waals surface area contributed by atoms with E-state index in [1.54, 1.807) is 12.0 Å². The molecule has 1 atom stereocenters. The molecule has 1 aromatic heterocycles. The summed E-state index contributed by atoms with van der Waals surface area (Å²) in [5.41, 5.74) is 2.63. The van der Waals surface area contributed by atoms with E-state index in [2.05, 4.69) is 10.6 Å². The molecule has 2 heterocycles. The second-order valence-electron chi connectivity index (χ2n) is 9.48. The number of ether oxygens (including phenoxy) is 1. The molecule has 6 nitrogen and oxygen atoms in total. The third-order valence-electron chi connectivity index (χ3n) is 6.95. The molecule has 1 aliphatic heterocycles. The van der Waals surface area contributed by atoms with Crippen LogP contribution >= 0.6 is 0 Å². The molecule has 0 aliphatic carbocycles. The summed E-state index contributed by atoms with van der Waals surface area (Å²) in [6.07, 6.45) is 2.05. The number of aromatic nitrogens is 1. The van der Waals surface area contributed by atoms with Gasteiger partial charge < -0.3 is 19.1 Å². The topological polar surface area (TPSA) is 54.8 Å². The van der Waals surface area contributed by atoms with Crippen molar-refractivity contribution in [2.24, 2.45) is 0 Å². The van der Waals surface area contributed by atoms with Crippen LogP contribution in [0.2, 0.25) is 0 Å². The van der Waals surface area contributed by atoms with E-state index in [1.807, 2.05) is 97.7 Å². The predicted octanol–water partition coefficient (Wildman–Crippen LogP) is 5.13. The summed E-state index contributed by atoms with van der Waals surface area (Å²) >= 11 is 0.